The lowest BCUT2D eigenvalue weighted by Gasteiger charge is -2.32. The molecule has 0 aromatic heterocycles. The molecule has 204 valence electrons. The molecule has 3 saturated heterocycles. The van der Waals surface area contributed by atoms with Gasteiger partial charge in [-0.25, -0.2) is 9.69 Å². The van der Waals surface area contributed by atoms with Gasteiger partial charge < -0.3 is 4.90 Å². The molecule has 5 amide bonds. The van der Waals surface area contributed by atoms with Gasteiger partial charge in [0.1, 0.15) is 5.54 Å². The van der Waals surface area contributed by atoms with Gasteiger partial charge in [-0.3, -0.25) is 19.3 Å². The van der Waals surface area contributed by atoms with Crippen molar-refractivity contribution in [3.05, 3.63) is 101 Å². The quantitative estimate of drug-likeness (QED) is 0.337. The fraction of sp³-hybridized carbons (Fsp3) is 0.267. The third-order valence-corrected chi connectivity index (χ3v) is 8.22. The molecule has 3 heterocycles. The lowest BCUT2D eigenvalue weighted by Crippen LogP contribution is -2.51. The number of imide groups is 2. The van der Waals surface area contributed by atoms with Gasteiger partial charge in [0.15, 0.2) is 0 Å². The Kier molecular flexibility index (Phi) is 5.65. The number of hydrogen-bond donors (Lipinski definition) is 0. The van der Waals surface area contributed by atoms with Gasteiger partial charge in [-0.1, -0.05) is 60.2 Å². The highest BCUT2D eigenvalue weighted by atomic mass is 19.4. The molecular formula is C30H24F3N3O4. The van der Waals surface area contributed by atoms with Crippen molar-refractivity contribution in [3.8, 4) is 0 Å². The first-order valence-corrected chi connectivity index (χ1v) is 12.8. The molecule has 3 aromatic carbocycles. The standard InChI is InChI=1S/C30H24F3N3O4/c1-17-7-6-10-19(15-17)24-22-23(26(38)34(25(22)37)16-18-8-4-3-5-9-18)29(2)27(39)35(28(40)36(24)29)21-13-11-20(12-14-21)30(31,32)33/h3-15,22-24H,16H2,1-2H3/t22?,23?,24?,29-/m1/s1. The van der Waals surface area contributed by atoms with Crippen LogP contribution < -0.4 is 4.90 Å². The Balaban J connectivity index is 1.46. The summed E-state index contributed by atoms with van der Waals surface area (Å²) in [4.78, 5) is 59.0. The number of carbonyl (C=O) groups excluding carboxylic acids is 4. The summed E-state index contributed by atoms with van der Waals surface area (Å²) in [6.45, 7) is 3.35. The summed E-state index contributed by atoms with van der Waals surface area (Å²) < 4.78 is 39.5. The minimum Gasteiger partial charge on any atom is -0.301 e. The number of rotatable bonds is 4. The summed E-state index contributed by atoms with van der Waals surface area (Å²) in [6.07, 6.45) is -4.59. The van der Waals surface area contributed by atoms with Crippen LogP contribution in [0, 0.1) is 18.8 Å². The van der Waals surface area contributed by atoms with Crippen LogP contribution in [0.1, 0.15) is 35.2 Å². The van der Waals surface area contributed by atoms with Crippen molar-refractivity contribution < 1.29 is 32.3 Å². The zero-order valence-electron chi connectivity index (χ0n) is 21.6. The molecule has 0 aliphatic carbocycles. The molecule has 3 fully saturated rings. The van der Waals surface area contributed by atoms with E-state index in [1.165, 1.54) is 11.8 Å². The monoisotopic (exact) mass is 547 g/mol. The first-order chi connectivity index (χ1) is 18.9. The third-order valence-electron chi connectivity index (χ3n) is 8.22. The van der Waals surface area contributed by atoms with Crippen molar-refractivity contribution in [1.29, 1.82) is 0 Å². The fourth-order valence-corrected chi connectivity index (χ4v) is 6.39. The van der Waals surface area contributed by atoms with Crippen LogP contribution in [0.25, 0.3) is 0 Å². The summed E-state index contributed by atoms with van der Waals surface area (Å²) >= 11 is 0. The van der Waals surface area contributed by atoms with Crippen LogP contribution in [0.15, 0.2) is 78.9 Å². The molecule has 40 heavy (non-hydrogen) atoms. The van der Waals surface area contributed by atoms with E-state index >= 15 is 0 Å². The maximum Gasteiger partial charge on any atom is 0.416 e. The van der Waals surface area contributed by atoms with Crippen LogP contribution in [-0.4, -0.2) is 39.1 Å². The predicted molar refractivity (Wildman–Crippen MR) is 137 cm³/mol. The van der Waals surface area contributed by atoms with Crippen molar-refractivity contribution in [1.82, 2.24) is 9.80 Å². The number of hydrogen-bond acceptors (Lipinski definition) is 4. The number of halogens is 3. The Bertz CT molecular complexity index is 1560. The number of amides is 5. The minimum absolute atomic E-state index is 0.0207. The topological polar surface area (TPSA) is 78.0 Å². The number of fused-ring (bicyclic) bond motifs is 3. The molecule has 7 nitrogen and oxygen atoms in total. The van der Waals surface area contributed by atoms with Crippen molar-refractivity contribution in [2.45, 2.75) is 38.1 Å². The van der Waals surface area contributed by atoms with Crippen LogP contribution in [0.4, 0.5) is 23.7 Å². The summed E-state index contributed by atoms with van der Waals surface area (Å²) in [7, 11) is 0. The molecule has 6 rings (SSSR count). The zero-order chi connectivity index (χ0) is 28.6. The van der Waals surface area contributed by atoms with Crippen molar-refractivity contribution >= 4 is 29.4 Å². The van der Waals surface area contributed by atoms with Crippen molar-refractivity contribution in [3.63, 3.8) is 0 Å². The summed E-state index contributed by atoms with van der Waals surface area (Å²) in [5, 5.41) is 0. The van der Waals surface area contributed by atoms with E-state index in [2.05, 4.69) is 0 Å². The van der Waals surface area contributed by atoms with Gasteiger partial charge in [-0.2, -0.15) is 13.2 Å². The van der Waals surface area contributed by atoms with Gasteiger partial charge in [-0.05, 0) is 49.2 Å². The molecular weight excluding hydrogens is 523 g/mol. The molecule has 10 heteroatoms. The van der Waals surface area contributed by atoms with Gasteiger partial charge in [0, 0.05) is 0 Å². The predicted octanol–water partition coefficient (Wildman–Crippen LogP) is 5.10. The maximum atomic E-state index is 14.1. The molecule has 3 aromatic rings. The number of aryl methyl sites for hydroxylation is 1. The minimum atomic E-state index is -4.59. The lowest BCUT2D eigenvalue weighted by atomic mass is 9.79. The largest absolute Gasteiger partial charge is 0.416 e. The van der Waals surface area contributed by atoms with Crippen LogP contribution in [0.3, 0.4) is 0 Å². The van der Waals surface area contributed by atoms with Crippen LogP contribution in [0.2, 0.25) is 0 Å². The van der Waals surface area contributed by atoms with Crippen molar-refractivity contribution in [2.24, 2.45) is 11.8 Å². The fourth-order valence-electron chi connectivity index (χ4n) is 6.39. The first kappa shape index (κ1) is 25.8. The highest BCUT2D eigenvalue weighted by Gasteiger charge is 2.75. The van der Waals surface area contributed by atoms with Crippen LogP contribution in [-0.2, 0) is 27.1 Å². The molecule has 0 N–H and O–H groups in total. The summed E-state index contributed by atoms with van der Waals surface area (Å²) in [6, 6.07) is 18.2. The van der Waals surface area contributed by atoms with E-state index in [1.807, 2.05) is 25.1 Å². The third kappa shape index (κ3) is 3.58. The van der Waals surface area contributed by atoms with Gasteiger partial charge in [0.05, 0.1) is 35.7 Å². The second-order valence-electron chi connectivity index (χ2n) is 10.6. The van der Waals surface area contributed by atoms with Crippen molar-refractivity contribution in [2.75, 3.05) is 4.90 Å². The van der Waals surface area contributed by atoms with E-state index < -0.39 is 58.9 Å². The van der Waals surface area contributed by atoms with Gasteiger partial charge in [0.2, 0.25) is 11.8 Å². The average Bonchev–Trinajstić information content (AvgIpc) is 3.42. The Morgan fingerprint density at radius 2 is 1.52 bits per heavy atom. The van der Waals surface area contributed by atoms with E-state index in [0.717, 1.165) is 45.2 Å². The van der Waals surface area contributed by atoms with E-state index in [4.69, 9.17) is 0 Å². The Hall–Kier alpha value is -4.47. The van der Waals surface area contributed by atoms with Gasteiger partial charge in [0.25, 0.3) is 5.91 Å². The zero-order valence-corrected chi connectivity index (χ0v) is 21.6. The van der Waals surface area contributed by atoms with E-state index in [9.17, 15) is 32.3 Å². The van der Waals surface area contributed by atoms with Gasteiger partial charge >= 0.3 is 12.2 Å². The van der Waals surface area contributed by atoms with Crippen LogP contribution in [0.5, 0.6) is 0 Å². The number of benzene rings is 3. The second-order valence-corrected chi connectivity index (χ2v) is 10.6. The average molecular weight is 548 g/mol. The van der Waals surface area contributed by atoms with Gasteiger partial charge in [-0.15, -0.1) is 0 Å². The molecule has 3 aliphatic heterocycles. The first-order valence-electron chi connectivity index (χ1n) is 12.8. The number of anilines is 1. The smallest absolute Gasteiger partial charge is 0.301 e. The molecule has 0 spiro atoms. The number of likely N-dealkylation sites (tertiary alicyclic amines) is 1. The molecule has 0 bridgehead atoms. The highest BCUT2D eigenvalue weighted by molar-refractivity contribution is 6.26. The molecule has 4 atom stereocenters. The maximum absolute atomic E-state index is 14.1. The van der Waals surface area contributed by atoms with Crippen LogP contribution >= 0.6 is 0 Å². The molecule has 0 saturated carbocycles. The molecule has 3 unspecified atom stereocenters. The Morgan fingerprint density at radius 1 is 0.850 bits per heavy atom. The Morgan fingerprint density at radius 3 is 2.15 bits per heavy atom. The van der Waals surface area contributed by atoms with E-state index in [0.29, 0.717) is 5.56 Å². The highest BCUT2D eigenvalue weighted by Crippen LogP contribution is 2.58. The summed E-state index contributed by atoms with van der Waals surface area (Å²) in [5.74, 6) is -3.94. The molecule has 0 radical (unpaired) electrons. The molecule has 3 aliphatic rings. The number of urea groups is 1. The number of alkyl halides is 3. The SMILES string of the molecule is Cc1cccc(C2C3C(=O)N(Cc4ccccc4)C(=O)C3[C@]3(C)C(=O)N(c4ccc(C(F)(F)F)cc4)C(=O)N23)c1. The lowest BCUT2D eigenvalue weighted by molar-refractivity contribution is -0.144. The summed E-state index contributed by atoms with van der Waals surface area (Å²) in [5.41, 5.74) is -0.505. The second kappa shape index (κ2) is 8.77. The normalized spacial score (nSPS) is 26.1. The van der Waals surface area contributed by atoms with E-state index in [-0.39, 0.29) is 12.2 Å². The number of nitrogens with zero attached hydrogens (tertiary/aromatic N) is 3. The number of carbonyl (C=O) groups is 4. The Labute approximate surface area is 227 Å². The van der Waals surface area contributed by atoms with E-state index in [1.54, 1.807) is 36.4 Å².